The summed E-state index contributed by atoms with van der Waals surface area (Å²) >= 11 is 0. The number of ketones is 1. The monoisotopic (exact) mass is 196 g/mol. The highest BCUT2D eigenvalue weighted by Crippen LogP contribution is 1.79. The Morgan fingerprint density at radius 1 is 0.643 bits per heavy atom. The van der Waals surface area contributed by atoms with Gasteiger partial charge in [-0.1, -0.05) is 64.1 Å². The second-order valence-electron chi connectivity index (χ2n) is 2.06. The first-order valence-electron chi connectivity index (χ1n) is 5.20. The number of carbonyl (C=O) groups is 1. The van der Waals surface area contributed by atoms with Gasteiger partial charge in [-0.3, -0.25) is 0 Å². The first-order chi connectivity index (χ1) is 6.73. The van der Waals surface area contributed by atoms with Gasteiger partial charge in [-0.05, 0) is 13.8 Å². The molecule has 0 bridgehead atoms. The zero-order chi connectivity index (χ0) is 11.8. The second-order valence-corrected chi connectivity index (χ2v) is 2.06. The Labute approximate surface area is 89.2 Å². The van der Waals surface area contributed by atoms with E-state index in [9.17, 15) is 4.79 Å². The van der Waals surface area contributed by atoms with E-state index >= 15 is 0 Å². The van der Waals surface area contributed by atoms with Crippen molar-refractivity contribution in [1.29, 1.82) is 0 Å². The molecule has 0 N–H and O–H groups in total. The maximum atomic E-state index is 9.44. The van der Waals surface area contributed by atoms with Crippen LogP contribution in [0.2, 0.25) is 0 Å². The average Bonchev–Trinajstić information content (AvgIpc) is 2.25. The van der Waals surface area contributed by atoms with Gasteiger partial charge in [0.2, 0.25) is 0 Å². The van der Waals surface area contributed by atoms with Crippen molar-refractivity contribution >= 4 is 5.78 Å². The fourth-order valence-corrected chi connectivity index (χ4v) is 0.385. The number of hydrogen-bond acceptors (Lipinski definition) is 1. The topological polar surface area (TPSA) is 17.1 Å². The minimum absolute atomic E-state index is 0.167. The molecular weight excluding hydrogens is 172 g/mol. The molecule has 0 aliphatic rings. The third-order valence-electron chi connectivity index (χ3n) is 0.667. The van der Waals surface area contributed by atoms with Crippen molar-refractivity contribution < 1.29 is 4.79 Å². The standard InChI is InChI=1S/C6H6.C3H6O.2C2H6/c1-2-4-6-5-3-1;1-3(2)4;2*1-2/h1-6H;1-2H3;2*1-2H3. The SMILES string of the molecule is CC.CC.CC(C)=O.c1ccccc1. The third kappa shape index (κ3) is 44.5. The lowest BCUT2D eigenvalue weighted by Gasteiger charge is -1.69. The Hall–Kier alpha value is -1.11. The molecule has 0 aromatic heterocycles. The summed E-state index contributed by atoms with van der Waals surface area (Å²) in [7, 11) is 0. The summed E-state index contributed by atoms with van der Waals surface area (Å²) in [6.07, 6.45) is 0. The summed E-state index contributed by atoms with van der Waals surface area (Å²) in [5, 5.41) is 0. The number of benzene rings is 1. The van der Waals surface area contributed by atoms with E-state index in [4.69, 9.17) is 0 Å². The van der Waals surface area contributed by atoms with Gasteiger partial charge < -0.3 is 4.79 Å². The predicted molar refractivity (Wildman–Crippen MR) is 65.5 cm³/mol. The van der Waals surface area contributed by atoms with Crippen LogP contribution in [-0.4, -0.2) is 5.78 Å². The predicted octanol–water partition coefficient (Wildman–Crippen LogP) is 4.33. The minimum Gasteiger partial charge on any atom is -0.300 e. The summed E-state index contributed by atoms with van der Waals surface area (Å²) in [6.45, 7) is 11.1. The molecule has 0 aliphatic heterocycles. The Kier molecular flexibility index (Phi) is 30.1. The molecule has 1 aromatic carbocycles. The van der Waals surface area contributed by atoms with Crippen LogP contribution in [0.5, 0.6) is 0 Å². The molecule has 82 valence electrons. The lowest BCUT2D eigenvalue weighted by atomic mass is 10.4. The van der Waals surface area contributed by atoms with Gasteiger partial charge in [0, 0.05) is 0 Å². The molecule has 0 heterocycles. The van der Waals surface area contributed by atoms with Gasteiger partial charge in [0.1, 0.15) is 5.78 Å². The molecule has 14 heavy (non-hydrogen) atoms. The van der Waals surface area contributed by atoms with E-state index in [1.807, 2.05) is 64.1 Å². The summed E-state index contributed by atoms with van der Waals surface area (Å²) < 4.78 is 0. The van der Waals surface area contributed by atoms with Crippen LogP contribution >= 0.6 is 0 Å². The van der Waals surface area contributed by atoms with E-state index in [2.05, 4.69) is 0 Å². The lowest BCUT2D eigenvalue weighted by Crippen LogP contribution is -1.69. The van der Waals surface area contributed by atoms with Crippen molar-refractivity contribution in [2.24, 2.45) is 0 Å². The molecule has 1 rings (SSSR count). The summed E-state index contributed by atoms with van der Waals surface area (Å²) in [4.78, 5) is 9.44. The molecule has 0 fully saturated rings. The second kappa shape index (κ2) is 22.7. The summed E-state index contributed by atoms with van der Waals surface area (Å²) in [6, 6.07) is 12.0. The van der Waals surface area contributed by atoms with Crippen LogP contribution in [0.25, 0.3) is 0 Å². The van der Waals surface area contributed by atoms with E-state index in [0.29, 0.717) is 0 Å². The average molecular weight is 196 g/mol. The minimum atomic E-state index is 0.167. The van der Waals surface area contributed by atoms with Crippen LogP contribution in [0.4, 0.5) is 0 Å². The molecule has 1 heteroatoms. The Morgan fingerprint density at radius 3 is 0.786 bits per heavy atom. The van der Waals surface area contributed by atoms with Crippen LogP contribution in [0.15, 0.2) is 36.4 Å². The quantitative estimate of drug-likeness (QED) is 0.603. The van der Waals surface area contributed by atoms with Gasteiger partial charge in [-0.2, -0.15) is 0 Å². The first kappa shape index (κ1) is 18.6. The van der Waals surface area contributed by atoms with Crippen LogP contribution in [0, 0.1) is 0 Å². The van der Waals surface area contributed by atoms with Gasteiger partial charge in [-0.15, -0.1) is 0 Å². The van der Waals surface area contributed by atoms with Crippen molar-refractivity contribution in [3.05, 3.63) is 36.4 Å². The molecule has 0 amide bonds. The van der Waals surface area contributed by atoms with Gasteiger partial charge >= 0.3 is 0 Å². The largest absolute Gasteiger partial charge is 0.300 e. The van der Waals surface area contributed by atoms with Crippen molar-refractivity contribution in [2.45, 2.75) is 41.5 Å². The van der Waals surface area contributed by atoms with Crippen molar-refractivity contribution in [3.63, 3.8) is 0 Å². The van der Waals surface area contributed by atoms with E-state index in [1.54, 1.807) is 0 Å². The smallest absolute Gasteiger partial charge is 0.126 e. The first-order valence-corrected chi connectivity index (χ1v) is 5.20. The molecule has 0 spiro atoms. The Balaban J connectivity index is -0.000000134. The fourth-order valence-electron chi connectivity index (χ4n) is 0.385. The lowest BCUT2D eigenvalue weighted by molar-refractivity contribution is -0.114. The number of hydrogen-bond donors (Lipinski definition) is 0. The molecule has 0 radical (unpaired) electrons. The molecule has 0 saturated heterocycles. The van der Waals surface area contributed by atoms with Crippen molar-refractivity contribution in [1.82, 2.24) is 0 Å². The highest BCUT2D eigenvalue weighted by molar-refractivity contribution is 5.72. The molecule has 0 saturated carbocycles. The van der Waals surface area contributed by atoms with E-state index in [-0.39, 0.29) is 5.78 Å². The zero-order valence-corrected chi connectivity index (χ0v) is 10.4. The highest BCUT2D eigenvalue weighted by Gasteiger charge is 1.62. The molecule has 0 unspecified atom stereocenters. The Morgan fingerprint density at radius 2 is 0.714 bits per heavy atom. The molecule has 0 aliphatic carbocycles. The summed E-state index contributed by atoms with van der Waals surface area (Å²) in [5.74, 6) is 0.167. The number of Topliss-reactive ketones (excluding diaryl/α,β-unsaturated/α-hetero) is 1. The highest BCUT2D eigenvalue weighted by atomic mass is 16.1. The van der Waals surface area contributed by atoms with Crippen LogP contribution in [-0.2, 0) is 4.79 Å². The van der Waals surface area contributed by atoms with E-state index in [1.165, 1.54) is 13.8 Å². The summed E-state index contributed by atoms with van der Waals surface area (Å²) in [5.41, 5.74) is 0. The molecular formula is C13H24O. The van der Waals surface area contributed by atoms with Gasteiger partial charge in [0.25, 0.3) is 0 Å². The van der Waals surface area contributed by atoms with Crippen LogP contribution < -0.4 is 0 Å². The van der Waals surface area contributed by atoms with Crippen molar-refractivity contribution in [2.75, 3.05) is 0 Å². The number of carbonyl (C=O) groups excluding carboxylic acids is 1. The van der Waals surface area contributed by atoms with E-state index < -0.39 is 0 Å². The maximum Gasteiger partial charge on any atom is 0.126 e. The molecule has 1 nitrogen and oxygen atoms in total. The fraction of sp³-hybridized carbons (Fsp3) is 0.462. The Bertz CT molecular complexity index is 137. The maximum absolute atomic E-state index is 9.44. The van der Waals surface area contributed by atoms with Crippen molar-refractivity contribution in [3.8, 4) is 0 Å². The van der Waals surface area contributed by atoms with Crippen LogP contribution in [0.1, 0.15) is 41.5 Å². The zero-order valence-electron chi connectivity index (χ0n) is 10.4. The third-order valence-corrected chi connectivity index (χ3v) is 0.667. The normalized spacial score (nSPS) is 6.14. The van der Waals surface area contributed by atoms with Gasteiger partial charge in [-0.25, -0.2) is 0 Å². The van der Waals surface area contributed by atoms with Crippen LogP contribution in [0.3, 0.4) is 0 Å². The van der Waals surface area contributed by atoms with E-state index in [0.717, 1.165) is 0 Å². The number of rotatable bonds is 0. The molecule has 0 atom stereocenters. The molecule has 1 aromatic rings. The van der Waals surface area contributed by atoms with Gasteiger partial charge in [0.15, 0.2) is 0 Å². The van der Waals surface area contributed by atoms with Gasteiger partial charge in [0.05, 0.1) is 0 Å².